The first kappa shape index (κ1) is 14.5. The highest BCUT2D eigenvalue weighted by Gasteiger charge is 2.14. The van der Waals surface area contributed by atoms with Crippen LogP contribution in [0.4, 0.5) is 0 Å². The van der Waals surface area contributed by atoms with Crippen LogP contribution in [0.1, 0.15) is 0 Å². The molecular formula is C15H9BrClNO2S. The minimum Gasteiger partial charge on any atom is -0.506 e. The third-order valence-corrected chi connectivity index (χ3v) is 5.30. The van der Waals surface area contributed by atoms with E-state index in [0.29, 0.717) is 15.9 Å². The van der Waals surface area contributed by atoms with Gasteiger partial charge in [-0.3, -0.25) is 4.79 Å². The third-order valence-electron chi connectivity index (χ3n) is 2.95. The zero-order valence-electron chi connectivity index (χ0n) is 10.6. The van der Waals surface area contributed by atoms with Crippen LogP contribution in [0.2, 0.25) is 5.02 Å². The summed E-state index contributed by atoms with van der Waals surface area (Å²) in [6.07, 6.45) is 0. The predicted molar refractivity (Wildman–Crippen MR) is 89.5 cm³/mol. The topological polar surface area (TPSA) is 53.1 Å². The molecule has 2 N–H and O–H groups in total. The van der Waals surface area contributed by atoms with Crippen LogP contribution in [-0.4, -0.2) is 10.1 Å². The molecule has 0 fully saturated rings. The molecule has 0 amide bonds. The molecule has 21 heavy (non-hydrogen) atoms. The van der Waals surface area contributed by atoms with E-state index in [4.69, 9.17) is 11.6 Å². The number of fused-ring (bicyclic) bond motifs is 1. The molecule has 0 saturated carbocycles. The number of pyridine rings is 1. The van der Waals surface area contributed by atoms with Crippen LogP contribution in [0.3, 0.4) is 0 Å². The Morgan fingerprint density at radius 1 is 1.19 bits per heavy atom. The van der Waals surface area contributed by atoms with Gasteiger partial charge >= 0.3 is 0 Å². The molecule has 0 spiro atoms. The molecule has 3 nitrogen and oxygen atoms in total. The zero-order valence-corrected chi connectivity index (χ0v) is 13.7. The molecule has 0 atom stereocenters. The second kappa shape index (κ2) is 5.75. The van der Waals surface area contributed by atoms with Gasteiger partial charge in [0.25, 0.3) is 5.56 Å². The second-order valence-electron chi connectivity index (χ2n) is 4.35. The molecule has 0 radical (unpaired) electrons. The number of hydrogen-bond donors (Lipinski definition) is 2. The van der Waals surface area contributed by atoms with E-state index in [-0.39, 0.29) is 16.2 Å². The minimum absolute atomic E-state index is 0.0360. The summed E-state index contributed by atoms with van der Waals surface area (Å²) in [5.74, 6) is -0.0360. The van der Waals surface area contributed by atoms with Gasteiger partial charge in [0, 0.05) is 19.8 Å². The molecule has 1 heterocycles. The predicted octanol–water partition coefficient (Wildman–Crippen LogP) is 4.80. The van der Waals surface area contributed by atoms with Crippen LogP contribution >= 0.6 is 39.3 Å². The monoisotopic (exact) mass is 381 g/mol. The number of aromatic nitrogens is 1. The van der Waals surface area contributed by atoms with Crippen LogP contribution in [-0.2, 0) is 0 Å². The maximum Gasteiger partial charge on any atom is 0.266 e. The Morgan fingerprint density at radius 3 is 2.71 bits per heavy atom. The van der Waals surface area contributed by atoms with Crippen molar-refractivity contribution in [3.05, 3.63) is 62.3 Å². The highest BCUT2D eigenvalue weighted by Crippen LogP contribution is 2.38. The van der Waals surface area contributed by atoms with E-state index in [9.17, 15) is 9.90 Å². The summed E-state index contributed by atoms with van der Waals surface area (Å²) in [6.45, 7) is 0. The molecule has 1 aromatic heterocycles. The molecule has 0 saturated heterocycles. The van der Waals surface area contributed by atoms with Gasteiger partial charge < -0.3 is 10.1 Å². The van der Waals surface area contributed by atoms with Crippen molar-refractivity contribution in [2.75, 3.05) is 0 Å². The van der Waals surface area contributed by atoms with Crippen molar-refractivity contribution in [3.63, 3.8) is 0 Å². The second-order valence-corrected chi connectivity index (χ2v) is 6.70. The number of H-pyrrole nitrogens is 1. The summed E-state index contributed by atoms with van der Waals surface area (Å²) in [5, 5.41) is 11.4. The first-order valence-corrected chi connectivity index (χ1v) is 8.02. The fraction of sp³-hybridized carbons (Fsp3) is 0. The van der Waals surface area contributed by atoms with Gasteiger partial charge in [-0.25, -0.2) is 0 Å². The number of benzene rings is 2. The molecule has 0 aliphatic heterocycles. The molecular weight excluding hydrogens is 374 g/mol. The zero-order chi connectivity index (χ0) is 15.0. The Balaban J connectivity index is 2.17. The van der Waals surface area contributed by atoms with E-state index >= 15 is 0 Å². The van der Waals surface area contributed by atoms with Crippen LogP contribution in [0.15, 0.2) is 61.5 Å². The SMILES string of the molecule is O=c1[nH]c2cc(Cl)ccc2c(O)c1Sc1ccccc1Br. The summed E-state index contributed by atoms with van der Waals surface area (Å²) in [5.41, 5.74) is 0.171. The quantitative estimate of drug-likeness (QED) is 0.669. The summed E-state index contributed by atoms with van der Waals surface area (Å²) >= 11 is 10.5. The van der Waals surface area contributed by atoms with E-state index in [2.05, 4.69) is 20.9 Å². The van der Waals surface area contributed by atoms with Gasteiger partial charge in [0.1, 0.15) is 10.6 Å². The molecule has 106 valence electrons. The third kappa shape index (κ3) is 2.81. The Morgan fingerprint density at radius 2 is 1.95 bits per heavy atom. The van der Waals surface area contributed by atoms with Gasteiger partial charge in [0.2, 0.25) is 0 Å². The average molecular weight is 383 g/mol. The molecule has 0 aliphatic carbocycles. The lowest BCUT2D eigenvalue weighted by Crippen LogP contribution is -2.08. The van der Waals surface area contributed by atoms with Crippen LogP contribution in [0.25, 0.3) is 10.9 Å². The van der Waals surface area contributed by atoms with Gasteiger partial charge in [0.05, 0.1) is 5.52 Å². The molecule has 3 rings (SSSR count). The number of halogens is 2. The normalized spacial score (nSPS) is 11.0. The Labute approximate surface area is 138 Å². The van der Waals surface area contributed by atoms with Crippen molar-refractivity contribution in [2.45, 2.75) is 9.79 Å². The fourth-order valence-electron chi connectivity index (χ4n) is 1.97. The smallest absolute Gasteiger partial charge is 0.266 e. The van der Waals surface area contributed by atoms with Crippen molar-refractivity contribution in [3.8, 4) is 5.75 Å². The molecule has 0 unspecified atom stereocenters. The van der Waals surface area contributed by atoms with Gasteiger partial charge in [-0.2, -0.15) is 0 Å². The van der Waals surface area contributed by atoms with E-state index in [0.717, 1.165) is 9.37 Å². The first-order valence-electron chi connectivity index (χ1n) is 6.03. The van der Waals surface area contributed by atoms with Crippen LogP contribution in [0, 0.1) is 0 Å². The minimum atomic E-state index is -0.344. The molecule has 3 aromatic rings. The fourth-order valence-corrected chi connectivity index (χ4v) is 3.55. The number of aromatic amines is 1. The van der Waals surface area contributed by atoms with E-state index < -0.39 is 0 Å². The highest BCUT2D eigenvalue weighted by molar-refractivity contribution is 9.10. The van der Waals surface area contributed by atoms with E-state index in [1.807, 2.05) is 24.3 Å². The van der Waals surface area contributed by atoms with Crippen molar-refractivity contribution >= 4 is 50.2 Å². The number of hydrogen-bond acceptors (Lipinski definition) is 3. The average Bonchev–Trinajstić information content (AvgIpc) is 2.45. The van der Waals surface area contributed by atoms with Crippen molar-refractivity contribution < 1.29 is 5.11 Å². The molecule has 2 aromatic carbocycles. The van der Waals surface area contributed by atoms with Crippen molar-refractivity contribution in [1.29, 1.82) is 0 Å². The number of rotatable bonds is 2. The summed E-state index contributed by atoms with van der Waals surface area (Å²) in [6, 6.07) is 12.5. The standard InChI is InChI=1S/C15H9BrClNO2S/c16-10-3-1-2-4-12(10)21-14-13(19)9-6-5-8(17)7-11(9)18-15(14)20/h1-7H,(H2,18,19,20). The van der Waals surface area contributed by atoms with E-state index in [1.165, 1.54) is 11.8 Å². The van der Waals surface area contributed by atoms with Crippen molar-refractivity contribution in [1.82, 2.24) is 4.98 Å². The van der Waals surface area contributed by atoms with Crippen LogP contribution < -0.4 is 5.56 Å². The Kier molecular flexibility index (Phi) is 3.97. The lowest BCUT2D eigenvalue weighted by Gasteiger charge is -2.08. The summed E-state index contributed by atoms with van der Waals surface area (Å²) < 4.78 is 0.866. The van der Waals surface area contributed by atoms with E-state index in [1.54, 1.807) is 18.2 Å². The van der Waals surface area contributed by atoms with Gasteiger partial charge in [-0.05, 0) is 46.3 Å². The molecule has 0 bridgehead atoms. The Bertz CT molecular complexity index is 894. The maximum atomic E-state index is 12.2. The Hall–Kier alpha value is -1.43. The highest BCUT2D eigenvalue weighted by atomic mass is 79.9. The van der Waals surface area contributed by atoms with Gasteiger partial charge in [-0.15, -0.1) is 0 Å². The number of aromatic hydroxyl groups is 1. The maximum absolute atomic E-state index is 12.2. The number of nitrogens with one attached hydrogen (secondary N) is 1. The molecule has 6 heteroatoms. The largest absolute Gasteiger partial charge is 0.506 e. The summed E-state index contributed by atoms with van der Waals surface area (Å²) in [4.78, 5) is 16.0. The van der Waals surface area contributed by atoms with Crippen LogP contribution in [0.5, 0.6) is 5.75 Å². The van der Waals surface area contributed by atoms with Gasteiger partial charge in [0.15, 0.2) is 0 Å². The lowest BCUT2D eigenvalue weighted by molar-refractivity contribution is 0.467. The van der Waals surface area contributed by atoms with Crippen molar-refractivity contribution in [2.24, 2.45) is 0 Å². The molecule has 0 aliphatic rings. The van der Waals surface area contributed by atoms with Gasteiger partial charge in [-0.1, -0.05) is 35.5 Å². The first-order chi connectivity index (χ1) is 10.1. The lowest BCUT2D eigenvalue weighted by atomic mass is 10.2. The summed E-state index contributed by atoms with van der Waals surface area (Å²) in [7, 11) is 0.